The Hall–Kier alpha value is -2.57. The molecule has 1 unspecified atom stereocenters. The molecule has 0 aliphatic heterocycles. The number of furan rings is 1. The summed E-state index contributed by atoms with van der Waals surface area (Å²) in [4.78, 5) is 14.6. The maximum Gasteiger partial charge on any atom is 0.311 e. The zero-order valence-corrected chi connectivity index (χ0v) is 11.2. The zero-order chi connectivity index (χ0) is 14.5. The number of nitro groups is 1. The van der Waals surface area contributed by atoms with Crippen LogP contribution in [-0.2, 0) is 6.42 Å². The Morgan fingerprint density at radius 1 is 1.50 bits per heavy atom. The molecule has 7 nitrogen and oxygen atoms in total. The van der Waals surface area contributed by atoms with Crippen molar-refractivity contribution in [3.63, 3.8) is 0 Å². The molecule has 0 fully saturated rings. The lowest BCUT2D eigenvalue weighted by Gasteiger charge is -2.13. The molecule has 1 N–H and O–H groups in total. The molecule has 0 spiro atoms. The van der Waals surface area contributed by atoms with Gasteiger partial charge in [0.1, 0.15) is 5.76 Å². The maximum atomic E-state index is 11.0. The number of aromatic nitrogens is 1. The summed E-state index contributed by atoms with van der Waals surface area (Å²) in [6.45, 7) is 1.90. The number of nitrogens with one attached hydrogen (secondary N) is 1. The van der Waals surface area contributed by atoms with Gasteiger partial charge >= 0.3 is 5.69 Å². The van der Waals surface area contributed by atoms with Gasteiger partial charge in [0.25, 0.3) is 0 Å². The molecule has 2 rings (SSSR count). The molecular formula is C13H15N3O4. The van der Waals surface area contributed by atoms with Gasteiger partial charge in [0, 0.05) is 24.6 Å². The largest absolute Gasteiger partial charge is 0.481 e. The van der Waals surface area contributed by atoms with Gasteiger partial charge in [-0.1, -0.05) is 0 Å². The molecule has 0 radical (unpaired) electrons. The van der Waals surface area contributed by atoms with Crippen LogP contribution in [0.1, 0.15) is 12.7 Å². The highest BCUT2D eigenvalue weighted by atomic mass is 16.6. The van der Waals surface area contributed by atoms with Crippen LogP contribution in [0.15, 0.2) is 34.9 Å². The monoisotopic (exact) mass is 277 g/mol. The highest BCUT2D eigenvalue weighted by Crippen LogP contribution is 2.25. The zero-order valence-electron chi connectivity index (χ0n) is 11.2. The normalized spacial score (nSPS) is 11.9. The lowest BCUT2D eigenvalue weighted by Crippen LogP contribution is -2.19. The van der Waals surface area contributed by atoms with Crippen molar-refractivity contribution in [3.05, 3.63) is 46.4 Å². The summed E-state index contributed by atoms with van der Waals surface area (Å²) >= 11 is 0. The molecule has 0 bridgehead atoms. The van der Waals surface area contributed by atoms with Crippen molar-refractivity contribution in [1.29, 1.82) is 0 Å². The first-order valence-corrected chi connectivity index (χ1v) is 6.08. The SMILES string of the molecule is COc1ccc([N+](=O)[O-])c(NC(C)Cc2ccco2)n1. The number of pyridine rings is 1. The summed E-state index contributed by atoms with van der Waals surface area (Å²) in [7, 11) is 1.46. The fraction of sp³-hybridized carbons (Fsp3) is 0.308. The highest BCUT2D eigenvalue weighted by Gasteiger charge is 2.18. The van der Waals surface area contributed by atoms with Crippen molar-refractivity contribution in [2.24, 2.45) is 0 Å². The van der Waals surface area contributed by atoms with Crippen LogP contribution in [0.25, 0.3) is 0 Å². The topological polar surface area (TPSA) is 90.4 Å². The van der Waals surface area contributed by atoms with Crippen molar-refractivity contribution in [1.82, 2.24) is 4.98 Å². The van der Waals surface area contributed by atoms with Gasteiger partial charge < -0.3 is 14.5 Å². The molecule has 2 heterocycles. The fourth-order valence-corrected chi connectivity index (χ4v) is 1.82. The van der Waals surface area contributed by atoms with E-state index >= 15 is 0 Å². The van der Waals surface area contributed by atoms with Crippen LogP contribution in [0.4, 0.5) is 11.5 Å². The molecular weight excluding hydrogens is 262 g/mol. The Balaban J connectivity index is 2.16. The van der Waals surface area contributed by atoms with Crippen LogP contribution in [0.2, 0.25) is 0 Å². The minimum Gasteiger partial charge on any atom is -0.481 e. The smallest absolute Gasteiger partial charge is 0.311 e. The van der Waals surface area contributed by atoms with E-state index in [4.69, 9.17) is 9.15 Å². The molecule has 20 heavy (non-hydrogen) atoms. The summed E-state index contributed by atoms with van der Waals surface area (Å²) < 4.78 is 10.2. The quantitative estimate of drug-likeness (QED) is 0.644. The van der Waals surface area contributed by atoms with Gasteiger partial charge in [0.2, 0.25) is 11.7 Å². The van der Waals surface area contributed by atoms with E-state index in [2.05, 4.69) is 10.3 Å². The molecule has 1 atom stereocenters. The molecule has 0 aromatic carbocycles. The molecule has 0 aliphatic carbocycles. The van der Waals surface area contributed by atoms with E-state index in [1.54, 1.807) is 12.3 Å². The molecule has 0 amide bonds. The first kappa shape index (κ1) is 13.9. The number of rotatable bonds is 6. The number of nitrogens with zero attached hydrogens (tertiary/aromatic N) is 2. The molecule has 2 aromatic rings. The van der Waals surface area contributed by atoms with E-state index in [0.717, 1.165) is 5.76 Å². The molecule has 2 aromatic heterocycles. The van der Waals surface area contributed by atoms with Crippen LogP contribution in [0.3, 0.4) is 0 Å². The molecule has 0 saturated carbocycles. The third-order valence-electron chi connectivity index (χ3n) is 2.72. The van der Waals surface area contributed by atoms with Gasteiger partial charge in [0.05, 0.1) is 18.3 Å². The maximum absolute atomic E-state index is 11.0. The second-order valence-electron chi connectivity index (χ2n) is 4.31. The minimum absolute atomic E-state index is 0.0699. The Morgan fingerprint density at radius 3 is 2.90 bits per heavy atom. The molecule has 7 heteroatoms. The minimum atomic E-state index is -0.478. The summed E-state index contributed by atoms with van der Waals surface area (Å²) in [5.74, 6) is 1.31. The number of anilines is 1. The predicted molar refractivity (Wildman–Crippen MR) is 72.9 cm³/mol. The third kappa shape index (κ3) is 3.25. The highest BCUT2D eigenvalue weighted by molar-refractivity contribution is 5.57. The standard InChI is InChI=1S/C13H15N3O4/c1-9(8-10-4-3-7-20-10)14-13-11(16(17)18)5-6-12(15-13)19-2/h3-7,9H,8H2,1-2H3,(H,14,15). The average molecular weight is 277 g/mol. The molecule has 0 aliphatic rings. The average Bonchev–Trinajstić information content (AvgIpc) is 2.90. The van der Waals surface area contributed by atoms with Crippen molar-refractivity contribution in [3.8, 4) is 5.88 Å². The second-order valence-corrected chi connectivity index (χ2v) is 4.31. The summed E-state index contributed by atoms with van der Waals surface area (Å²) in [5, 5.41) is 14.0. The fourth-order valence-electron chi connectivity index (χ4n) is 1.82. The van der Waals surface area contributed by atoms with E-state index in [9.17, 15) is 10.1 Å². The van der Waals surface area contributed by atoms with Crippen LogP contribution in [0.5, 0.6) is 5.88 Å². The molecule has 106 valence electrons. The molecule has 0 saturated heterocycles. The van der Waals surface area contributed by atoms with E-state index in [0.29, 0.717) is 12.3 Å². The Bertz CT molecular complexity index is 583. The van der Waals surface area contributed by atoms with Gasteiger partial charge in [0.15, 0.2) is 0 Å². The van der Waals surface area contributed by atoms with Gasteiger partial charge in [-0.15, -0.1) is 0 Å². The van der Waals surface area contributed by atoms with Crippen LogP contribution in [0, 0.1) is 10.1 Å². The van der Waals surface area contributed by atoms with E-state index in [1.807, 2.05) is 13.0 Å². The Kier molecular flexibility index (Phi) is 4.19. The number of hydrogen-bond donors (Lipinski definition) is 1. The second kappa shape index (κ2) is 6.05. The van der Waals surface area contributed by atoms with Crippen LogP contribution >= 0.6 is 0 Å². The first-order valence-electron chi connectivity index (χ1n) is 6.08. The van der Waals surface area contributed by atoms with Crippen molar-refractivity contribution in [2.45, 2.75) is 19.4 Å². The predicted octanol–water partition coefficient (Wildman–Crippen LogP) is 2.63. The lowest BCUT2D eigenvalue weighted by molar-refractivity contribution is -0.384. The van der Waals surface area contributed by atoms with E-state index < -0.39 is 4.92 Å². The van der Waals surface area contributed by atoms with Gasteiger partial charge in [-0.2, -0.15) is 4.98 Å². The van der Waals surface area contributed by atoms with E-state index in [1.165, 1.54) is 19.2 Å². The number of methoxy groups -OCH3 is 1. The summed E-state index contributed by atoms with van der Waals surface area (Å²) in [5.41, 5.74) is -0.0860. The van der Waals surface area contributed by atoms with Crippen LogP contribution < -0.4 is 10.1 Å². The lowest BCUT2D eigenvalue weighted by atomic mass is 10.2. The van der Waals surface area contributed by atoms with Crippen LogP contribution in [-0.4, -0.2) is 23.1 Å². The van der Waals surface area contributed by atoms with E-state index in [-0.39, 0.29) is 17.5 Å². The number of ether oxygens (including phenoxy) is 1. The number of hydrogen-bond acceptors (Lipinski definition) is 6. The third-order valence-corrected chi connectivity index (χ3v) is 2.72. The van der Waals surface area contributed by atoms with Crippen molar-refractivity contribution >= 4 is 11.5 Å². The van der Waals surface area contributed by atoms with Crippen molar-refractivity contribution < 1.29 is 14.1 Å². The Labute approximate surface area is 115 Å². The Morgan fingerprint density at radius 2 is 2.30 bits per heavy atom. The summed E-state index contributed by atoms with van der Waals surface area (Å²) in [6.07, 6.45) is 2.19. The van der Waals surface area contributed by atoms with Gasteiger partial charge in [-0.3, -0.25) is 10.1 Å². The first-order chi connectivity index (χ1) is 9.60. The summed E-state index contributed by atoms with van der Waals surface area (Å²) in [6, 6.07) is 6.41. The van der Waals surface area contributed by atoms with Gasteiger partial charge in [-0.05, 0) is 19.1 Å². The van der Waals surface area contributed by atoms with Gasteiger partial charge in [-0.25, -0.2) is 0 Å². The van der Waals surface area contributed by atoms with Crippen molar-refractivity contribution in [2.75, 3.05) is 12.4 Å².